The topological polar surface area (TPSA) is 88.4 Å². The van der Waals surface area contributed by atoms with Gasteiger partial charge in [-0.2, -0.15) is 0 Å². The molecule has 4 aromatic rings. The predicted octanol–water partition coefficient (Wildman–Crippen LogP) is 3.38. The first-order chi connectivity index (χ1) is 16.7. The van der Waals surface area contributed by atoms with E-state index in [0.717, 1.165) is 5.56 Å². The molecule has 0 spiro atoms. The van der Waals surface area contributed by atoms with Crippen LogP contribution in [0.4, 0.5) is 5.69 Å². The van der Waals surface area contributed by atoms with Gasteiger partial charge in [-0.05, 0) is 53.4 Å². The Morgan fingerprint density at radius 3 is 2.65 bits per heavy atom. The number of aromatic nitrogens is 3. The quantitative estimate of drug-likeness (QED) is 0.364. The molecule has 0 aliphatic carbocycles. The second-order valence-corrected chi connectivity index (χ2v) is 8.60. The van der Waals surface area contributed by atoms with Crippen molar-refractivity contribution in [1.29, 1.82) is 0 Å². The van der Waals surface area contributed by atoms with E-state index in [-0.39, 0.29) is 18.3 Å². The maximum atomic E-state index is 14.0. The van der Waals surface area contributed by atoms with Gasteiger partial charge in [0.25, 0.3) is 12.1 Å². The number of H-pyrrole nitrogens is 1. The monoisotopic (exact) mass is 471 g/mol. The van der Waals surface area contributed by atoms with Gasteiger partial charge in [0.1, 0.15) is 0 Å². The lowest BCUT2D eigenvalue weighted by atomic mass is 10.00. The van der Waals surface area contributed by atoms with Gasteiger partial charge >= 0.3 is 11.3 Å². The minimum absolute atomic E-state index is 0.136. The van der Waals surface area contributed by atoms with E-state index in [4.69, 9.17) is 14.6 Å². The van der Waals surface area contributed by atoms with Gasteiger partial charge in [-0.1, -0.05) is 42.1 Å². The van der Waals surface area contributed by atoms with Crippen LogP contribution in [0.2, 0.25) is 0 Å². The molecule has 1 N–H and O–H groups in total. The van der Waals surface area contributed by atoms with Crippen LogP contribution in [0.5, 0.6) is 11.5 Å². The smallest absolute Gasteiger partial charge is 0.325 e. The van der Waals surface area contributed by atoms with Gasteiger partial charge in [0.05, 0.1) is 11.3 Å². The summed E-state index contributed by atoms with van der Waals surface area (Å²) in [6.45, 7) is 0.136. The molecular weight excluding hydrogens is 452 g/mol. The molecule has 8 nitrogen and oxygen atoms in total. The van der Waals surface area contributed by atoms with Crippen molar-refractivity contribution >= 4 is 23.4 Å². The zero-order valence-corrected chi connectivity index (χ0v) is 18.9. The van der Waals surface area contributed by atoms with Crippen LogP contribution in [-0.4, -0.2) is 29.0 Å². The number of thioether (sulfide) groups is 1. The number of rotatable bonds is 3. The molecule has 0 saturated heterocycles. The van der Waals surface area contributed by atoms with Gasteiger partial charge in [0.2, 0.25) is 11.9 Å². The number of amides is 1. The Hall–Kier alpha value is -4.11. The number of nitrogens with one attached hydrogen (secondary N) is 1. The average Bonchev–Trinajstić information content (AvgIpc) is 3.35. The lowest BCUT2D eigenvalue weighted by Gasteiger charge is -2.32. The molecule has 0 radical (unpaired) electrons. The summed E-state index contributed by atoms with van der Waals surface area (Å²) in [6.07, 6.45) is 1.12. The molecule has 3 aromatic carbocycles. The number of hydrogen-bond donors (Lipinski definition) is 1. The first kappa shape index (κ1) is 20.5. The van der Waals surface area contributed by atoms with E-state index in [9.17, 15) is 9.59 Å². The van der Waals surface area contributed by atoms with Crippen molar-refractivity contribution in [1.82, 2.24) is 10.1 Å². The molecule has 168 valence electrons. The zero-order valence-electron chi connectivity index (χ0n) is 18.1. The molecule has 6 rings (SSSR count). The molecule has 0 unspecified atom stereocenters. The Morgan fingerprint density at radius 2 is 1.82 bits per heavy atom. The van der Waals surface area contributed by atoms with Crippen molar-refractivity contribution in [3.63, 3.8) is 0 Å². The van der Waals surface area contributed by atoms with Crippen LogP contribution in [0, 0.1) is 0 Å². The third kappa shape index (κ3) is 3.16. The first-order valence-corrected chi connectivity index (χ1v) is 11.9. The SMILES string of the molecule is CSc1n[n+]2c(c(=O)[nH]1)-c1ccccc1N(C(=O)c1ccccc1)[C@@H]2c1ccc2c(c1)OCO2. The molecule has 9 heteroatoms. The summed E-state index contributed by atoms with van der Waals surface area (Å²) in [5.41, 5.74) is 2.63. The highest BCUT2D eigenvalue weighted by Gasteiger charge is 2.46. The highest BCUT2D eigenvalue weighted by Crippen LogP contribution is 2.41. The van der Waals surface area contributed by atoms with Crippen molar-refractivity contribution in [2.24, 2.45) is 0 Å². The van der Waals surface area contributed by atoms with Crippen molar-refractivity contribution in [3.8, 4) is 22.8 Å². The van der Waals surface area contributed by atoms with E-state index in [1.54, 1.807) is 21.7 Å². The number of anilines is 1. The normalized spacial score (nSPS) is 15.6. The largest absolute Gasteiger partial charge is 0.454 e. The molecule has 1 aromatic heterocycles. The maximum Gasteiger partial charge on any atom is 0.325 e. The summed E-state index contributed by atoms with van der Waals surface area (Å²) in [7, 11) is 0. The van der Waals surface area contributed by atoms with E-state index >= 15 is 0 Å². The Morgan fingerprint density at radius 1 is 1.06 bits per heavy atom. The summed E-state index contributed by atoms with van der Waals surface area (Å²) in [6, 6.07) is 22.0. The van der Waals surface area contributed by atoms with Crippen LogP contribution < -0.4 is 24.6 Å². The lowest BCUT2D eigenvalue weighted by Crippen LogP contribution is -2.60. The number of carbonyl (C=O) groups excluding carboxylic acids is 1. The second kappa shape index (κ2) is 8.03. The number of fused-ring (bicyclic) bond motifs is 4. The number of ether oxygens (including phenoxy) is 2. The minimum atomic E-state index is -0.722. The van der Waals surface area contributed by atoms with Crippen LogP contribution in [0.3, 0.4) is 0 Å². The molecule has 0 fully saturated rings. The fourth-order valence-electron chi connectivity index (χ4n) is 4.38. The van der Waals surface area contributed by atoms with E-state index in [1.165, 1.54) is 11.8 Å². The zero-order chi connectivity index (χ0) is 23.2. The van der Waals surface area contributed by atoms with Gasteiger partial charge in [-0.15, -0.1) is 0 Å². The highest BCUT2D eigenvalue weighted by atomic mass is 32.2. The molecule has 0 saturated carbocycles. The van der Waals surface area contributed by atoms with Crippen molar-refractivity contribution in [3.05, 3.63) is 94.3 Å². The summed E-state index contributed by atoms with van der Waals surface area (Å²) >= 11 is 1.32. The molecular formula is C25H19N4O4S+. The van der Waals surface area contributed by atoms with Gasteiger partial charge in [-0.3, -0.25) is 14.6 Å². The Kier molecular flexibility index (Phi) is 4.84. The molecule has 2 aliphatic heterocycles. The Balaban J connectivity index is 1.65. The third-order valence-electron chi connectivity index (χ3n) is 5.89. The fraction of sp³-hybridized carbons (Fsp3) is 0.120. The number of para-hydroxylation sites is 1. The van der Waals surface area contributed by atoms with E-state index in [2.05, 4.69) is 4.98 Å². The van der Waals surface area contributed by atoms with Crippen LogP contribution in [0.1, 0.15) is 22.1 Å². The molecule has 1 atom stereocenters. The van der Waals surface area contributed by atoms with E-state index in [0.29, 0.717) is 39.2 Å². The van der Waals surface area contributed by atoms with Gasteiger partial charge < -0.3 is 9.47 Å². The Labute approximate surface area is 198 Å². The van der Waals surface area contributed by atoms with Crippen LogP contribution in [0.25, 0.3) is 11.3 Å². The average molecular weight is 472 g/mol. The number of carbonyl (C=O) groups is 1. The number of benzene rings is 3. The highest BCUT2D eigenvalue weighted by molar-refractivity contribution is 7.98. The summed E-state index contributed by atoms with van der Waals surface area (Å²) in [5.74, 6) is 1.01. The lowest BCUT2D eigenvalue weighted by molar-refractivity contribution is -0.763. The predicted molar refractivity (Wildman–Crippen MR) is 126 cm³/mol. The Bertz CT molecular complexity index is 1490. The van der Waals surface area contributed by atoms with Crippen molar-refractivity contribution in [2.45, 2.75) is 11.3 Å². The standard InChI is InChI=1S/C25H18N4O4S/c1-34-25-26-22(30)21-17-9-5-6-10-18(17)28(24(31)15-7-3-2-4-8-15)23(29(21)27-25)16-11-12-19-20(13-16)33-14-32-19/h2-13,23H,14H2,1H3/p+1/t23-/m0/s1. The van der Waals surface area contributed by atoms with Gasteiger partial charge in [0, 0.05) is 16.2 Å². The van der Waals surface area contributed by atoms with E-state index < -0.39 is 6.17 Å². The molecule has 34 heavy (non-hydrogen) atoms. The van der Waals surface area contributed by atoms with Crippen LogP contribution in [0.15, 0.2) is 82.7 Å². The van der Waals surface area contributed by atoms with Crippen molar-refractivity contribution < 1.29 is 19.0 Å². The second-order valence-electron chi connectivity index (χ2n) is 7.80. The molecule has 0 bridgehead atoms. The third-order valence-corrected chi connectivity index (χ3v) is 6.46. The summed E-state index contributed by atoms with van der Waals surface area (Å²) in [4.78, 5) is 31.7. The summed E-state index contributed by atoms with van der Waals surface area (Å²) in [5, 5.41) is 5.18. The maximum absolute atomic E-state index is 14.0. The number of nitrogens with zero attached hydrogens (tertiary/aromatic N) is 3. The molecule has 3 heterocycles. The van der Waals surface area contributed by atoms with Crippen LogP contribution in [-0.2, 0) is 0 Å². The van der Waals surface area contributed by atoms with Gasteiger partial charge in [-0.25, -0.2) is 4.90 Å². The van der Waals surface area contributed by atoms with Crippen LogP contribution >= 0.6 is 11.8 Å². The van der Waals surface area contributed by atoms with Gasteiger partial charge in [0.15, 0.2) is 11.5 Å². The molecule has 1 amide bonds. The fourth-order valence-corrected chi connectivity index (χ4v) is 4.74. The minimum Gasteiger partial charge on any atom is -0.454 e. The number of aromatic amines is 1. The number of hydrogen-bond acceptors (Lipinski definition) is 6. The van der Waals surface area contributed by atoms with E-state index in [1.807, 2.05) is 66.9 Å². The summed E-state index contributed by atoms with van der Waals surface area (Å²) < 4.78 is 12.7. The van der Waals surface area contributed by atoms with Crippen molar-refractivity contribution in [2.75, 3.05) is 17.9 Å². The first-order valence-electron chi connectivity index (χ1n) is 10.6. The molecule has 2 aliphatic rings.